The van der Waals surface area contributed by atoms with Gasteiger partial charge in [-0.25, -0.2) is 10.9 Å². The van der Waals surface area contributed by atoms with Crippen molar-refractivity contribution in [3.05, 3.63) is 59.2 Å². The van der Waals surface area contributed by atoms with Gasteiger partial charge in [0, 0.05) is 17.8 Å². The molecule has 5 heteroatoms. The van der Waals surface area contributed by atoms with Crippen LogP contribution in [0.4, 0.5) is 5.69 Å². The number of benzene rings is 2. The number of carbonyl (C=O) groups is 1. The lowest BCUT2D eigenvalue weighted by molar-refractivity contribution is -0.117. The van der Waals surface area contributed by atoms with Gasteiger partial charge in [0.1, 0.15) is 11.8 Å². The molecule has 126 valence electrons. The van der Waals surface area contributed by atoms with Gasteiger partial charge in [-0.1, -0.05) is 35.9 Å². The van der Waals surface area contributed by atoms with E-state index in [4.69, 9.17) is 4.74 Å². The van der Waals surface area contributed by atoms with Crippen LogP contribution in [0.1, 0.15) is 29.2 Å². The van der Waals surface area contributed by atoms with E-state index in [1.807, 2.05) is 25.1 Å². The third-order valence-corrected chi connectivity index (χ3v) is 4.40. The van der Waals surface area contributed by atoms with E-state index >= 15 is 0 Å². The number of anilines is 1. The zero-order valence-corrected chi connectivity index (χ0v) is 14.2. The Balaban J connectivity index is 1.65. The molecule has 24 heavy (non-hydrogen) atoms. The molecule has 0 spiro atoms. The lowest BCUT2D eigenvalue weighted by atomic mass is 10.0. The summed E-state index contributed by atoms with van der Waals surface area (Å²) in [5, 5.41) is 2.99. The van der Waals surface area contributed by atoms with Crippen molar-refractivity contribution in [2.45, 2.75) is 32.4 Å². The molecule has 1 aliphatic rings. The number of nitrogens with one attached hydrogen (secondary N) is 3. The lowest BCUT2D eigenvalue weighted by Crippen LogP contribution is -2.39. The Labute approximate surface area is 142 Å². The summed E-state index contributed by atoms with van der Waals surface area (Å²) in [4.78, 5) is 12.5. The summed E-state index contributed by atoms with van der Waals surface area (Å²) < 4.78 is 5.22. The zero-order chi connectivity index (χ0) is 17.1. The summed E-state index contributed by atoms with van der Waals surface area (Å²) in [5.41, 5.74) is 10.5. The molecule has 2 atom stereocenters. The average Bonchev–Trinajstić information content (AvgIpc) is 3.07. The van der Waals surface area contributed by atoms with Gasteiger partial charge in [0.15, 0.2) is 0 Å². The standard InChI is InChI=1S/C19H23N3O2/c1-12-4-7-14(8-5-12)17-11-18(22-21-17)19(23)20-16-10-15(24-3)9-6-13(16)2/h4-10,17-18,21-22H,11H2,1-3H3,(H,20,23). The Bertz CT molecular complexity index is 728. The number of methoxy groups -OCH3 is 1. The molecular formula is C19H23N3O2. The van der Waals surface area contributed by atoms with Crippen molar-refractivity contribution in [3.63, 3.8) is 0 Å². The van der Waals surface area contributed by atoms with E-state index in [1.165, 1.54) is 11.1 Å². The van der Waals surface area contributed by atoms with Gasteiger partial charge in [-0.2, -0.15) is 0 Å². The molecule has 0 aromatic heterocycles. The number of amides is 1. The smallest absolute Gasteiger partial charge is 0.242 e. The van der Waals surface area contributed by atoms with Crippen molar-refractivity contribution in [1.29, 1.82) is 0 Å². The van der Waals surface area contributed by atoms with Gasteiger partial charge < -0.3 is 10.1 Å². The maximum Gasteiger partial charge on any atom is 0.242 e. The third kappa shape index (κ3) is 3.58. The minimum absolute atomic E-state index is 0.0477. The van der Waals surface area contributed by atoms with Crippen LogP contribution in [0.25, 0.3) is 0 Å². The average molecular weight is 325 g/mol. The second-order valence-electron chi connectivity index (χ2n) is 6.21. The predicted octanol–water partition coefficient (Wildman–Crippen LogP) is 2.86. The van der Waals surface area contributed by atoms with Crippen molar-refractivity contribution in [3.8, 4) is 5.75 Å². The van der Waals surface area contributed by atoms with Gasteiger partial charge in [0.05, 0.1) is 7.11 Å². The van der Waals surface area contributed by atoms with Crippen molar-refractivity contribution in [2.24, 2.45) is 0 Å². The van der Waals surface area contributed by atoms with Crippen molar-refractivity contribution < 1.29 is 9.53 Å². The van der Waals surface area contributed by atoms with Gasteiger partial charge in [0.25, 0.3) is 0 Å². The zero-order valence-electron chi connectivity index (χ0n) is 14.2. The predicted molar refractivity (Wildman–Crippen MR) is 95.0 cm³/mol. The number of carbonyl (C=O) groups excluding carboxylic acids is 1. The molecule has 0 radical (unpaired) electrons. The quantitative estimate of drug-likeness (QED) is 0.809. The lowest BCUT2D eigenvalue weighted by Gasteiger charge is -2.13. The summed E-state index contributed by atoms with van der Waals surface area (Å²) in [5.74, 6) is 0.680. The molecule has 3 N–H and O–H groups in total. The van der Waals surface area contributed by atoms with Gasteiger partial charge in [0.2, 0.25) is 5.91 Å². The summed E-state index contributed by atoms with van der Waals surface area (Å²) in [7, 11) is 1.62. The fourth-order valence-electron chi connectivity index (χ4n) is 2.83. The Morgan fingerprint density at radius 3 is 2.58 bits per heavy atom. The SMILES string of the molecule is COc1ccc(C)c(NC(=O)C2CC(c3ccc(C)cc3)NN2)c1. The fourth-order valence-corrected chi connectivity index (χ4v) is 2.83. The molecule has 3 rings (SSSR count). The number of ether oxygens (including phenoxy) is 1. The highest BCUT2D eigenvalue weighted by Gasteiger charge is 2.30. The first-order chi connectivity index (χ1) is 11.6. The molecule has 5 nitrogen and oxygen atoms in total. The van der Waals surface area contributed by atoms with Gasteiger partial charge in [-0.15, -0.1) is 0 Å². The highest BCUT2D eigenvalue weighted by atomic mass is 16.5. The fraction of sp³-hybridized carbons (Fsp3) is 0.316. The summed E-state index contributed by atoms with van der Waals surface area (Å²) in [6, 6.07) is 13.9. The van der Waals surface area contributed by atoms with E-state index in [0.717, 1.165) is 17.0 Å². The molecule has 1 saturated heterocycles. The van der Waals surface area contributed by atoms with E-state index in [2.05, 4.69) is 47.4 Å². The second kappa shape index (κ2) is 7.03. The first kappa shape index (κ1) is 16.5. The largest absolute Gasteiger partial charge is 0.497 e. The molecule has 2 aromatic rings. The van der Waals surface area contributed by atoms with Gasteiger partial charge >= 0.3 is 0 Å². The Hall–Kier alpha value is -2.37. The van der Waals surface area contributed by atoms with Gasteiger partial charge in [-0.05, 0) is 37.5 Å². The maximum absolute atomic E-state index is 12.5. The molecule has 0 saturated carbocycles. The molecule has 1 fully saturated rings. The van der Waals surface area contributed by atoms with Gasteiger partial charge in [-0.3, -0.25) is 4.79 Å². The summed E-state index contributed by atoms with van der Waals surface area (Å²) >= 11 is 0. The number of hydrogen-bond donors (Lipinski definition) is 3. The molecular weight excluding hydrogens is 302 g/mol. The third-order valence-electron chi connectivity index (χ3n) is 4.40. The van der Waals surface area contributed by atoms with Crippen molar-refractivity contribution in [1.82, 2.24) is 10.9 Å². The minimum atomic E-state index is -0.276. The van der Waals surface area contributed by atoms with Crippen molar-refractivity contribution in [2.75, 3.05) is 12.4 Å². The Morgan fingerprint density at radius 1 is 1.12 bits per heavy atom. The van der Waals surface area contributed by atoms with Crippen LogP contribution in [-0.4, -0.2) is 19.1 Å². The van der Waals surface area contributed by atoms with Crippen LogP contribution >= 0.6 is 0 Å². The van der Waals surface area contributed by atoms with E-state index in [0.29, 0.717) is 6.42 Å². The molecule has 1 aliphatic heterocycles. The Kier molecular flexibility index (Phi) is 4.83. The molecule has 1 amide bonds. The van der Waals surface area contributed by atoms with Crippen molar-refractivity contribution >= 4 is 11.6 Å². The van der Waals surface area contributed by atoms with Crippen LogP contribution in [0.15, 0.2) is 42.5 Å². The molecule has 2 aromatic carbocycles. The van der Waals surface area contributed by atoms with E-state index in [9.17, 15) is 4.79 Å². The van der Waals surface area contributed by atoms with Crippen LogP contribution in [0.5, 0.6) is 5.75 Å². The van der Waals surface area contributed by atoms with Crippen LogP contribution in [-0.2, 0) is 4.79 Å². The van der Waals surface area contributed by atoms with E-state index in [1.54, 1.807) is 7.11 Å². The maximum atomic E-state index is 12.5. The number of aryl methyl sites for hydroxylation is 2. The van der Waals surface area contributed by atoms with E-state index < -0.39 is 0 Å². The monoisotopic (exact) mass is 325 g/mol. The van der Waals surface area contributed by atoms with Crippen LogP contribution in [0, 0.1) is 13.8 Å². The number of hydrogen-bond acceptors (Lipinski definition) is 4. The molecule has 0 bridgehead atoms. The summed E-state index contributed by atoms with van der Waals surface area (Å²) in [6.07, 6.45) is 0.706. The molecule has 0 aliphatic carbocycles. The summed E-state index contributed by atoms with van der Waals surface area (Å²) in [6.45, 7) is 4.03. The van der Waals surface area contributed by atoms with E-state index in [-0.39, 0.29) is 18.0 Å². The molecule has 1 heterocycles. The second-order valence-corrected chi connectivity index (χ2v) is 6.21. The first-order valence-electron chi connectivity index (χ1n) is 8.10. The topological polar surface area (TPSA) is 62.4 Å². The number of rotatable bonds is 4. The highest BCUT2D eigenvalue weighted by Crippen LogP contribution is 2.25. The highest BCUT2D eigenvalue weighted by molar-refractivity contribution is 5.95. The Morgan fingerprint density at radius 2 is 1.88 bits per heavy atom. The van der Waals surface area contributed by atoms with Crippen LogP contribution < -0.4 is 20.9 Å². The van der Waals surface area contributed by atoms with Crippen LogP contribution in [0.3, 0.4) is 0 Å². The minimum Gasteiger partial charge on any atom is -0.497 e. The first-order valence-corrected chi connectivity index (χ1v) is 8.10. The number of hydrazine groups is 1. The van der Waals surface area contributed by atoms with Crippen LogP contribution in [0.2, 0.25) is 0 Å². The normalized spacial score (nSPS) is 20.0. The molecule has 2 unspecified atom stereocenters.